The van der Waals surface area contributed by atoms with Crippen molar-refractivity contribution in [3.05, 3.63) is 24.7 Å². The summed E-state index contributed by atoms with van der Waals surface area (Å²) >= 11 is 0. The highest BCUT2D eigenvalue weighted by Crippen LogP contribution is 2.09. The van der Waals surface area contributed by atoms with Gasteiger partial charge in [-0.1, -0.05) is 19.9 Å². The van der Waals surface area contributed by atoms with Crippen molar-refractivity contribution in [3.8, 4) is 0 Å². The molecule has 0 saturated heterocycles. The van der Waals surface area contributed by atoms with Crippen LogP contribution in [0, 0.1) is 0 Å². The molecule has 4 nitrogen and oxygen atoms in total. The maximum atomic E-state index is 11.0. The van der Waals surface area contributed by atoms with Gasteiger partial charge < -0.3 is 10.3 Å². The fourth-order valence-electron chi connectivity index (χ4n) is 1.06. The van der Waals surface area contributed by atoms with E-state index in [1.165, 1.54) is 13.3 Å². The smallest absolute Gasteiger partial charge is 0.179 e. The van der Waals surface area contributed by atoms with Gasteiger partial charge in [0, 0.05) is 13.5 Å². The maximum absolute atomic E-state index is 11.0. The Morgan fingerprint density at radius 2 is 2.29 bits per heavy atom. The quantitative estimate of drug-likeness (QED) is 0.591. The Kier molecular flexibility index (Phi) is 5.29. The van der Waals surface area contributed by atoms with Gasteiger partial charge in [0.2, 0.25) is 0 Å². The minimum atomic E-state index is -0.0770. The van der Waals surface area contributed by atoms with E-state index in [0.717, 1.165) is 0 Å². The highest BCUT2D eigenvalue weighted by atomic mass is 16.1. The number of imidazole rings is 1. The summed E-state index contributed by atoms with van der Waals surface area (Å²) in [5.74, 6) is 0.205. The predicted molar refractivity (Wildman–Crippen MR) is 58.2 cm³/mol. The molecule has 1 aromatic heterocycles. The number of Topliss-reactive ketones (excluding diaryl/α,β-unsaturated/α-hetero) is 1. The SMILES string of the molecule is C=CCn1cnc(N)c1C(C)=O.CC. The number of ketones is 1. The second-order valence-corrected chi connectivity index (χ2v) is 2.48. The Bertz CT molecular complexity index is 315. The summed E-state index contributed by atoms with van der Waals surface area (Å²) in [4.78, 5) is 14.9. The third-order valence-electron chi connectivity index (χ3n) is 1.53. The van der Waals surface area contributed by atoms with E-state index >= 15 is 0 Å². The monoisotopic (exact) mass is 195 g/mol. The lowest BCUT2D eigenvalue weighted by atomic mass is 10.3. The lowest BCUT2D eigenvalue weighted by Crippen LogP contribution is -2.06. The molecule has 14 heavy (non-hydrogen) atoms. The molecular formula is C10H17N3O. The number of anilines is 1. The van der Waals surface area contributed by atoms with Gasteiger partial charge in [0.25, 0.3) is 0 Å². The number of carbonyl (C=O) groups is 1. The topological polar surface area (TPSA) is 60.9 Å². The van der Waals surface area contributed by atoms with Crippen molar-refractivity contribution >= 4 is 11.6 Å². The van der Waals surface area contributed by atoms with E-state index in [1.54, 1.807) is 10.6 Å². The molecule has 0 amide bonds. The van der Waals surface area contributed by atoms with Gasteiger partial charge in [0.15, 0.2) is 11.6 Å². The van der Waals surface area contributed by atoms with E-state index in [4.69, 9.17) is 5.73 Å². The van der Waals surface area contributed by atoms with Crippen molar-refractivity contribution in [1.29, 1.82) is 0 Å². The van der Waals surface area contributed by atoms with Crippen LogP contribution in [-0.2, 0) is 6.54 Å². The lowest BCUT2D eigenvalue weighted by molar-refractivity contribution is 0.101. The molecule has 0 fully saturated rings. The normalized spacial score (nSPS) is 8.79. The molecule has 0 aliphatic heterocycles. The van der Waals surface area contributed by atoms with Crippen LogP contribution in [-0.4, -0.2) is 15.3 Å². The van der Waals surface area contributed by atoms with Crippen molar-refractivity contribution in [2.24, 2.45) is 0 Å². The van der Waals surface area contributed by atoms with Gasteiger partial charge >= 0.3 is 0 Å². The van der Waals surface area contributed by atoms with Gasteiger partial charge in [0.1, 0.15) is 5.69 Å². The number of nitrogens with two attached hydrogens (primary N) is 1. The third-order valence-corrected chi connectivity index (χ3v) is 1.53. The van der Waals surface area contributed by atoms with Gasteiger partial charge in [-0.2, -0.15) is 0 Å². The zero-order valence-electron chi connectivity index (χ0n) is 8.95. The molecule has 0 aliphatic carbocycles. The van der Waals surface area contributed by atoms with Crippen molar-refractivity contribution in [1.82, 2.24) is 9.55 Å². The second-order valence-electron chi connectivity index (χ2n) is 2.48. The minimum absolute atomic E-state index is 0.0770. The van der Waals surface area contributed by atoms with Crippen LogP contribution in [0.1, 0.15) is 31.3 Å². The number of nitrogen functional groups attached to an aromatic ring is 1. The molecule has 1 aromatic rings. The maximum Gasteiger partial charge on any atom is 0.179 e. The summed E-state index contributed by atoms with van der Waals surface area (Å²) in [5, 5.41) is 0. The number of rotatable bonds is 3. The molecule has 0 aromatic carbocycles. The van der Waals surface area contributed by atoms with Crippen molar-refractivity contribution in [3.63, 3.8) is 0 Å². The van der Waals surface area contributed by atoms with Crippen molar-refractivity contribution in [2.75, 3.05) is 5.73 Å². The molecule has 1 heterocycles. The van der Waals surface area contributed by atoms with E-state index < -0.39 is 0 Å². The van der Waals surface area contributed by atoms with Gasteiger partial charge in [0.05, 0.1) is 6.33 Å². The van der Waals surface area contributed by atoms with Crippen LogP contribution in [0.25, 0.3) is 0 Å². The summed E-state index contributed by atoms with van der Waals surface area (Å²) < 4.78 is 1.67. The van der Waals surface area contributed by atoms with Crippen LogP contribution < -0.4 is 5.73 Å². The number of allylic oxidation sites excluding steroid dienone is 1. The molecule has 78 valence electrons. The number of hydrogen-bond acceptors (Lipinski definition) is 3. The molecule has 0 unspecified atom stereocenters. The standard InChI is InChI=1S/C8H11N3O.C2H6/c1-3-4-11-5-10-8(9)7(11)6(2)12;1-2/h3,5H,1,4,9H2,2H3;1-2H3. The summed E-state index contributed by atoms with van der Waals surface area (Å²) in [7, 11) is 0. The fraction of sp³-hybridized carbons (Fsp3) is 0.400. The second kappa shape index (κ2) is 5.96. The van der Waals surface area contributed by atoms with E-state index in [1.807, 2.05) is 13.8 Å². The van der Waals surface area contributed by atoms with Crippen LogP contribution >= 0.6 is 0 Å². The highest BCUT2D eigenvalue weighted by Gasteiger charge is 2.10. The first-order chi connectivity index (χ1) is 6.66. The number of nitrogens with zero attached hydrogens (tertiary/aromatic N) is 2. The highest BCUT2D eigenvalue weighted by molar-refractivity contribution is 5.96. The minimum Gasteiger partial charge on any atom is -0.382 e. The molecule has 0 aliphatic rings. The van der Waals surface area contributed by atoms with Gasteiger partial charge in [-0.3, -0.25) is 4.79 Å². The molecule has 0 radical (unpaired) electrons. The van der Waals surface area contributed by atoms with E-state index in [9.17, 15) is 4.79 Å². The largest absolute Gasteiger partial charge is 0.382 e. The molecular weight excluding hydrogens is 178 g/mol. The lowest BCUT2D eigenvalue weighted by Gasteiger charge is -2.01. The number of aromatic nitrogens is 2. The Labute approximate surface area is 84.4 Å². The summed E-state index contributed by atoms with van der Waals surface area (Å²) in [6.07, 6.45) is 3.22. The number of hydrogen-bond donors (Lipinski definition) is 1. The zero-order valence-corrected chi connectivity index (χ0v) is 8.95. The van der Waals surface area contributed by atoms with Crippen LogP contribution in [0.5, 0.6) is 0 Å². The van der Waals surface area contributed by atoms with Crippen LogP contribution in [0.2, 0.25) is 0 Å². The van der Waals surface area contributed by atoms with Crippen LogP contribution in [0.15, 0.2) is 19.0 Å². The summed E-state index contributed by atoms with van der Waals surface area (Å²) in [6.45, 7) is 9.58. The van der Waals surface area contributed by atoms with Crippen molar-refractivity contribution < 1.29 is 4.79 Å². The summed E-state index contributed by atoms with van der Waals surface area (Å²) in [5.41, 5.74) is 5.94. The first-order valence-corrected chi connectivity index (χ1v) is 4.59. The Balaban J connectivity index is 0.000000791. The van der Waals surface area contributed by atoms with Gasteiger partial charge in [-0.25, -0.2) is 4.98 Å². The zero-order chi connectivity index (χ0) is 11.1. The third kappa shape index (κ3) is 2.73. The molecule has 0 spiro atoms. The summed E-state index contributed by atoms with van der Waals surface area (Å²) in [6, 6.07) is 0. The van der Waals surface area contributed by atoms with Gasteiger partial charge in [-0.15, -0.1) is 6.58 Å². The Morgan fingerprint density at radius 1 is 1.71 bits per heavy atom. The predicted octanol–water partition coefficient (Wildman–Crippen LogP) is 1.88. The Hall–Kier alpha value is -1.58. The molecule has 4 heteroatoms. The number of carbonyl (C=O) groups excluding carboxylic acids is 1. The van der Waals surface area contributed by atoms with Gasteiger partial charge in [-0.05, 0) is 0 Å². The molecule has 0 saturated carbocycles. The average molecular weight is 195 g/mol. The average Bonchev–Trinajstić information content (AvgIpc) is 2.51. The molecule has 2 N–H and O–H groups in total. The molecule has 0 atom stereocenters. The Morgan fingerprint density at radius 3 is 2.71 bits per heavy atom. The molecule has 0 bridgehead atoms. The first kappa shape index (κ1) is 12.4. The van der Waals surface area contributed by atoms with Crippen molar-refractivity contribution in [2.45, 2.75) is 27.3 Å². The van der Waals surface area contributed by atoms with E-state index in [2.05, 4.69) is 11.6 Å². The van der Waals surface area contributed by atoms with E-state index in [0.29, 0.717) is 12.2 Å². The fourth-order valence-corrected chi connectivity index (χ4v) is 1.06. The molecule has 1 rings (SSSR count). The van der Waals surface area contributed by atoms with Crippen LogP contribution in [0.4, 0.5) is 5.82 Å². The van der Waals surface area contributed by atoms with E-state index in [-0.39, 0.29) is 11.6 Å². The van der Waals surface area contributed by atoms with Crippen LogP contribution in [0.3, 0.4) is 0 Å². The first-order valence-electron chi connectivity index (χ1n) is 4.59.